The molecule has 0 aliphatic rings. The molecule has 0 radical (unpaired) electrons. The Bertz CT molecular complexity index is 804. The lowest BCUT2D eigenvalue weighted by Crippen LogP contribution is -2.23. The van der Waals surface area contributed by atoms with E-state index in [1.165, 1.54) is 0 Å². The molecule has 0 aromatic heterocycles. The first-order valence-electron chi connectivity index (χ1n) is 8.17. The summed E-state index contributed by atoms with van der Waals surface area (Å²) in [5, 5.41) is 9.76. The van der Waals surface area contributed by atoms with E-state index in [1.54, 1.807) is 6.92 Å². The van der Waals surface area contributed by atoms with E-state index in [2.05, 4.69) is 0 Å². The number of rotatable bonds is 6. The van der Waals surface area contributed by atoms with E-state index >= 15 is 0 Å². The number of benzene rings is 3. The molecule has 0 amide bonds. The third-order valence-corrected chi connectivity index (χ3v) is 3.81. The fourth-order valence-electron chi connectivity index (χ4n) is 2.41. The van der Waals surface area contributed by atoms with Crippen LogP contribution in [0.15, 0.2) is 78.9 Å². The first-order chi connectivity index (χ1) is 12.1. The fraction of sp³-hybridized carbons (Fsp3) is 0.143. The zero-order valence-corrected chi connectivity index (χ0v) is 14.0. The predicted molar refractivity (Wildman–Crippen MR) is 98.1 cm³/mol. The van der Waals surface area contributed by atoms with Gasteiger partial charge in [0.1, 0.15) is 11.5 Å². The molecule has 4 heteroatoms. The summed E-state index contributed by atoms with van der Waals surface area (Å²) in [7, 11) is 0. The predicted octanol–water partition coefficient (Wildman–Crippen LogP) is 4.65. The standard InChI is InChI=1S/C21H21NO3/c1-15(23)21(22)16-12-13-19(24-17-8-4-2-5-9-17)20(14-16)25-18-10-6-3-7-11-18/h2-15,21,23H,22H2,1H3/t15-,21-/m1/s1. The molecular formula is C21H21NO3. The average Bonchev–Trinajstić information content (AvgIpc) is 2.64. The van der Waals surface area contributed by atoms with Crippen LogP contribution in [0, 0.1) is 0 Å². The maximum Gasteiger partial charge on any atom is 0.170 e. The molecule has 0 heterocycles. The molecule has 0 aliphatic heterocycles. The molecule has 2 atom stereocenters. The van der Waals surface area contributed by atoms with Crippen LogP contribution in [-0.2, 0) is 0 Å². The van der Waals surface area contributed by atoms with Crippen LogP contribution in [0.3, 0.4) is 0 Å². The smallest absolute Gasteiger partial charge is 0.170 e. The second-order valence-corrected chi connectivity index (χ2v) is 5.80. The summed E-state index contributed by atoms with van der Waals surface area (Å²) in [6.07, 6.45) is -0.662. The third-order valence-electron chi connectivity index (χ3n) is 3.81. The molecule has 25 heavy (non-hydrogen) atoms. The van der Waals surface area contributed by atoms with Gasteiger partial charge in [-0.05, 0) is 48.9 Å². The minimum absolute atomic E-state index is 0.496. The molecular weight excluding hydrogens is 314 g/mol. The normalized spacial score (nSPS) is 13.1. The van der Waals surface area contributed by atoms with Crippen molar-refractivity contribution < 1.29 is 14.6 Å². The molecule has 3 N–H and O–H groups in total. The van der Waals surface area contributed by atoms with Crippen molar-refractivity contribution >= 4 is 0 Å². The minimum Gasteiger partial charge on any atom is -0.453 e. The Morgan fingerprint density at radius 2 is 1.28 bits per heavy atom. The van der Waals surface area contributed by atoms with Crippen LogP contribution < -0.4 is 15.2 Å². The van der Waals surface area contributed by atoms with Crippen molar-refractivity contribution in [3.8, 4) is 23.0 Å². The van der Waals surface area contributed by atoms with Gasteiger partial charge in [0, 0.05) is 0 Å². The van der Waals surface area contributed by atoms with Gasteiger partial charge in [-0.2, -0.15) is 0 Å². The van der Waals surface area contributed by atoms with E-state index in [-0.39, 0.29) is 0 Å². The molecule has 3 rings (SSSR count). The molecule has 0 bridgehead atoms. The highest BCUT2D eigenvalue weighted by Gasteiger charge is 2.16. The summed E-state index contributed by atoms with van der Waals surface area (Å²) in [5.74, 6) is 2.54. The van der Waals surface area contributed by atoms with Crippen LogP contribution >= 0.6 is 0 Å². The summed E-state index contributed by atoms with van der Waals surface area (Å²) in [6.45, 7) is 1.66. The summed E-state index contributed by atoms with van der Waals surface area (Å²) in [4.78, 5) is 0. The van der Waals surface area contributed by atoms with Crippen molar-refractivity contribution in [2.75, 3.05) is 0 Å². The average molecular weight is 335 g/mol. The van der Waals surface area contributed by atoms with Crippen LogP contribution in [0.1, 0.15) is 18.5 Å². The first kappa shape index (κ1) is 17.0. The molecule has 0 saturated heterocycles. The van der Waals surface area contributed by atoms with Crippen LogP contribution in [0.5, 0.6) is 23.0 Å². The minimum atomic E-state index is -0.662. The summed E-state index contributed by atoms with van der Waals surface area (Å²) < 4.78 is 11.9. The molecule has 128 valence electrons. The lowest BCUT2D eigenvalue weighted by atomic mass is 10.0. The van der Waals surface area contributed by atoms with E-state index in [9.17, 15) is 5.11 Å². The van der Waals surface area contributed by atoms with Crippen LogP contribution in [-0.4, -0.2) is 11.2 Å². The molecule has 0 aliphatic carbocycles. The Balaban J connectivity index is 1.95. The summed E-state index contributed by atoms with van der Waals surface area (Å²) >= 11 is 0. The molecule has 3 aromatic carbocycles. The van der Waals surface area contributed by atoms with Crippen LogP contribution in [0.2, 0.25) is 0 Å². The third kappa shape index (κ3) is 4.38. The zero-order chi connectivity index (χ0) is 17.6. The van der Waals surface area contributed by atoms with E-state index in [4.69, 9.17) is 15.2 Å². The number of aliphatic hydroxyl groups excluding tert-OH is 1. The Kier molecular flexibility index (Phi) is 5.33. The van der Waals surface area contributed by atoms with Gasteiger partial charge in [-0.15, -0.1) is 0 Å². The largest absolute Gasteiger partial charge is 0.453 e. The number of nitrogens with two attached hydrogens (primary N) is 1. The molecule has 0 fully saturated rings. The highest BCUT2D eigenvalue weighted by Crippen LogP contribution is 2.36. The van der Waals surface area contributed by atoms with Crippen LogP contribution in [0.4, 0.5) is 0 Å². The van der Waals surface area contributed by atoms with Crippen molar-refractivity contribution in [2.24, 2.45) is 5.73 Å². The second-order valence-electron chi connectivity index (χ2n) is 5.80. The quantitative estimate of drug-likeness (QED) is 0.688. The zero-order valence-electron chi connectivity index (χ0n) is 14.0. The van der Waals surface area contributed by atoms with Crippen LogP contribution in [0.25, 0.3) is 0 Å². The van der Waals surface area contributed by atoms with Gasteiger partial charge in [0.15, 0.2) is 11.5 Å². The van der Waals surface area contributed by atoms with Gasteiger partial charge in [0.05, 0.1) is 12.1 Å². The number of ether oxygens (including phenoxy) is 2. The monoisotopic (exact) mass is 335 g/mol. The van der Waals surface area contributed by atoms with Crippen molar-refractivity contribution in [3.05, 3.63) is 84.4 Å². The topological polar surface area (TPSA) is 64.7 Å². The lowest BCUT2D eigenvalue weighted by Gasteiger charge is -2.18. The lowest BCUT2D eigenvalue weighted by molar-refractivity contribution is 0.164. The van der Waals surface area contributed by atoms with Gasteiger partial charge in [0.25, 0.3) is 0 Å². The van der Waals surface area contributed by atoms with Crippen molar-refractivity contribution in [2.45, 2.75) is 19.1 Å². The fourth-order valence-corrected chi connectivity index (χ4v) is 2.41. The Morgan fingerprint density at radius 3 is 1.80 bits per heavy atom. The van der Waals surface area contributed by atoms with Gasteiger partial charge < -0.3 is 20.3 Å². The number of hydrogen-bond donors (Lipinski definition) is 2. The molecule has 0 unspecified atom stereocenters. The first-order valence-corrected chi connectivity index (χ1v) is 8.17. The van der Waals surface area contributed by atoms with E-state index in [0.717, 1.165) is 5.56 Å². The SMILES string of the molecule is C[C@@H](O)[C@@H](N)c1ccc(Oc2ccccc2)c(Oc2ccccc2)c1. The van der Waals surface area contributed by atoms with Gasteiger partial charge in [-0.25, -0.2) is 0 Å². The summed E-state index contributed by atoms with van der Waals surface area (Å²) in [6, 6.07) is 23.9. The van der Waals surface area contributed by atoms with Gasteiger partial charge in [-0.1, -0.05) is 42.5 Å². The maximum atomic E-state index is 9.76. The van der Waals surface area contributed by atoms with Crippen molar-refractivity contribution in [1.29, 1.82) is 0 Å². The highest BCUT2D eigenvalue weighted by molar-refractivity contribution is 5.48. The van der Waals surface area contributed by atoms with E-state index in [1.807, 2.05) is 78.9 Å². The summed E-state index contributed by atoms with van der Waals surface area (Å²) in [5.41, 5.74) is 6.84. The maximum absolute atomic E-state index is 9.76. The van der Waals surface area contributed by atoms with Gasteiger partial charge in [-0.3, -0.25) is 0 Å². The Hall–Kier alpha value is -2.82. The number of para-hydroxylation sites is 2. The number of aliphatic hydroxyl groups is 1. The van der Waals surface area contributed by atoms with E-state index < -0.39 is 12.1 Å². The Morgan fingerprint density at radius 1 is 0.760 bits per heavy atom. The molecule has 0 spiro atoms. The molecule has 0 saturated carbocycles. The van der Waals surface area contributed by atoms with Crippen molar-refractivity contribution in [1.82, 2.24) is 0 Å². The van der Waals surface area contributed by atoms with E-state index in [0.29, 0.717) is 23.0 Å². The number of hydrogen-bond acceptors (Lipinski definition) is 4. The van der Waals surface area contributed by atoms with Gasteiger partial charge >= 0.3 is 0 Å². The Labute approximate surface area is 147 Å². The van der Waals surface area contributed by atoms with Crippen molar-refractivity contribution in [3.63, 3.8) is 0 Å². The van der Waals surface area contributed by atoms with Gasteiger partial charge in [0.2, 0.25) is 0 Å². The second kappa shape index (κ2) is 7.83. The molecule has 3 aromatic rings. The molecule has 4 nitrogen and oxygen atoms in total. The highest BCUT2D eigenvalue weighted by atomic mass is 16.5.